The van der Waals surface area contributed by atoms with Gasteiger partial charge >= 0.3 is 0 Å². The molecule has 4 heteroatoms. The number of carbonyl (C=O) groups excluding carboxylic acids is 1. The molecule has 0 spiro atoms. The molecule has 1 fully saturated rings. The quantitative estimate of drug-likeness (QED) is 0.865. The first-order valence-electron chi connectivity index (χ1n) is 6.65. The summed E-state index contributed by atoms with van der Waals surface area (Å²) in [6.45, 7) is 4.39. The standard InChI is InChI=1S/C15H19BrClNO/c1-10(2)8-15(6-5-14(19)18-15)9-11-7-12(17)3-4-13(11)16/h3-4,7,10H,5-6,8-9H2,1-2H3,(H,18,19). The van der Waals surface area contributed by atoms with Gasteiger partial charge in [0.05, 0.1) is 0 Å². The van der Waals surface area contributed by atoms with Gasteiger partial charge in [-0.25, -0.2) is 0 Å². The number of rotatable bonds is 4. The van der Waals surface area contributed by atoms with E-state index in [1.165, 1.54) is 0 Å². The first-order valence-corrected chi connectivity index (χ1v) is 7.82. The predicted molar refractivity (Wildman–Crippen MR) is 82.4 cm³/mol. The lowest BCUT2D eigenvalue weighted by Gasteiger charge is -2.31. The van der Waals surface area contributed by atoms with Crippen molar-refractivity contribution in [2.45, 2.75) is 45.1 Å². The number of nitrogens with one attached hydrogen (secondary N) is 1. The van der Waals surface area contributed by atoms with E-state index in [0.29, 0.717) is 12.3 Å². The first-order chi connectivity index (χ1) is 8.90. The Hall–Kier alpha value is -0.540. The highest BCUT2D eigenvalue weighted by Gasteiger charge is 2.38. The molecule has 1 aliphatic heterocycles. The van der Waals surface area contributed by atoms with Crippen LogP contribution in [0.4, 0.5) is 0 Å². The molecule has 1 N–H and O–H groups in total. The summed E-state index contributed by atoms with van der Waals surface area (Å²) in [5.74, 6) is 0.718. The third kappa shape index (κ3) is 3.73. The van der Waals surface area contributed by atoms with Crippen LogP contribution in [0.5, 0.6) is 0 Å². The van der Waals surface area contributed by atoms with E-state index < -0.39 is 0 Å². The molecule has 1 amide bonds. The molecule has 0 aliphatic carbocycles. The summed E-state index contributed by atoms with van der Waals surface area (Å²) in [7, 11) is 0. The van der Waals surface area contributed by atoms with Gasteiger partial charge in [-0.3, -0.25) is 4.79 Å². The molecular weight excluding hydrogens is 326 g/mol. The highest BCUT2D eigenvalue weighted by atomic mass is 79.9. The zero-order valence-electron chi connectivity index (χ0n) is 11.3. The number of carbonyl (C=O) groups is 1. The Morgan fingerprint density at radius 3 is 2.79 bits per heavy atom. The van der Waals surface area contributed by atoms with Crippen LogP contribution in [0.15, 0.2) is 22.7 Å². The molecule has 1 aromatic carbocycles. The normalized spacial score (nSPS) is 22.9. The minimum atomic E-state index is -0.113. The van der Waals surface area contributed by atoms with E-state index in [1.54, 1.807) is 0 Å². The topological polar surface area (TPSA) is 29.1 Å². The summed E-state index contributed by atoms with van der Waals surface area (Å²) in [6.07, 6.45) is 3.36. The van der Waals surface area contributed by atoms with Crippen molar-refractivity contribution < 1.29 is 4.79 Å². The van der Waals surface area contributed by atoms with Crippen molar-refractivity contribution in [3.05, 3.63) is 33.3 Å². The molecule has 1 saturated heterocycles. The van der Waals surface area contributed by atoms with Gasteiger partial charge in [-0.2, -0.15) is 0 Å². The second kappa shape index (κ2) is 5.84. The maximum atomic E-state index is 11.6. The molecule has 1 heterocycles. The number of halogens is 2. The SMILES string of the molecule is CC(C)CC1(Cc2cc(Cl)ccc2Br)CCC(=O)N1. The van der Waals surface area contributed by atoms with E-state index in [1.807, 2.05) is 18.2 Å². The molecule has 104 valence electrons. The van der Waals surface area contributed by atoms with Crippen LogP contribution in [-0.2, 0) is 11.2 Å². The van der Waals surface area contributed by atoms with Gasteiger partial charge in [-0.15, -0.1) is 0 Å². The Morgan fingerprint density at radius 2 is 2.21 bits per heavy atom. The zero-order chi connectivity index (χ0) is 14.0. The largest absolute Gasteiger partial charge is 0.350 e. The summed E-state index contributed by atoms with van der Waals surface area (Å²) in [5.41, 5.74) is 1.05. The second-order valence-corrected chi connectivity index (χ2v) is 7.13. The Labute approximate surface area is 128 Å². The van der Waals surface area contributed by atoms with Gasteiger partial charge in [-0.1, -0.05) is 41.4 Å². The molecule has 0 bridgehead atoms. The van der Waals surface area contributed by atoms with E-state index in [2.05, 4.69) is 35.1 Å². The van der Waals surface area contributed by atoms with Gasteiger partial charge in [0, 0.05) is 21.5 Å². The van der Waals surface area contributed by atoms with E-state index >= 15 is 0 Å². The minimum absolute atomic E-state index is 0.113. The van der Waals surface area contributed by atoms with Gasteiger partial charge in [0.1, 0.15) is 0 Å². The third-order valence-electron chi connectivity index (χ3n) is 3.57. The third-order valence-corrected chi connectivity index (χ3v) is 4.58. The highest BCUT2D eigenvalue weighted by Crippen LogP contribution is 2.34. The van der Waals surface area contributed by atoms with Crippen LogP contribution in [0.3, 0.4) is 0 Å². The van der Waals surface area contributed by atoms with Crippen LogP contribution in [0.2, 0.25) is 5.02 Å². The lowest BCUT2D eigenvalue weighted by Crippen LogP contribution is -2.44. The van der Waals surface area contributed by atoms with Crippen LogP contribution < -0.4 is 5.32 Å². The van der Waals surface area contributed by atoms with Crippen molar-refractivity contribution in [1.82, 2.24) is 5.32 Å². The summed E-state index contributed by atoms with van der Waals surface area (Å²) < 4.78 is 1.06. The Bertz CT molecular complexity index is 489. The van der Waals surface area contributed by atoms with E-state index in [4.69, 9.17) is 11.6 Å². The van der Waals surface area contributed by atoms with Gasteiger partial charge in [0.15, 0.2) is 0 Å². The zero-order valence-corrected chi connectivity index (χ0v) is 13.6. The molecule has 0 aromatic heterocycles. The fraction of sp³-hybridized carbons (Fsp3) is 0.533. The number of amides is 1. The van der Waals surface area contributed by atoms with Gasteiger partial charge in [0.25, 0.3) is 0 Å². The highest BCUT2D eigenvalue weighted by molar-refractivity contribution is 9.10. The maximum Gasteiger partial charge on any atom is 0.220 e. The fourth-order valence-corrected chi connectivity index (χ4v) is 3.54. The molecule has 1 atom stereocenters. The summed E-state index contributed by atoms with van der Waals surface area (Å²) in [4.78, 5) is 11.6. The van der Waals surface area contributed by atoms with Crippen molar-refractivity contribution >= 4 is 33.4 Å². The molecule has 2 nitrogen and oxygen atoms in total. The fourth-order valence-electron chi connectivity index (χ4n) is 2.96. The molecule has 19 heavy (non-hydrogen) atoms. The van der Waals surface area contributed by atoms with Crippen molar-refractivity contribution in [2.24, 2.45) is 5.92 Å². The molecular formula is C15H19BrClNO. The van der Waals surface area contributed by atoms with Crippen LogP contribution >= 0.6 is 27.5 Å². The van der Waals surface area contributed by atoms with Gasteiger partial charge < -0.3 is 5.32 Å². The van der Waals surface area contributed by atoms with Crippen molar-refractivity contribution in [1.29, 1.82) is 0 Å². The Kier molecular flexibility index (Phi) is 4.57. The van der Waals surface area contributed by atoms with Crippen LogP contribution in [0, 0.1) is 5.92 Å². The Balaban J connectivity index is 2.25. The lowest BCUT2D eigenvalue weighted by molar-refractivity contribution is -0.119. The van der Waals surface area contributed by atoms with Crippen LogP contribution in [0.25, 0.3) is 0 Å². The molecule has 1 unspecified atom stereocenters. The summed E-state index contributed by atoms with van der Waals surface area (Å²) >= 11 is 9.65. The van der Waals surface area contributed by atoms with Gasteiger partial charge in [0.2, 0.25) is 5.91 Å². The molecule has 1 aliphatic rings. The molecule has 0 saturated carbocycles. The average Bonchev–Trinajstić information content (AvgIpc) is 2.64. The molecule has 2 rings (SSSR count). The first kappa shape index (κ1) is 14.9. The molecule has 1 aromatic rings. The summed E-state index contributed by atoms with van der Waals surface area (Å²) in [5, 5.41) is 3.93. The van der Waals surface area contributed by atoms with E-state index in [0.717, 1.165) is 34.3 Å². The van der Waals surface area contributed by atoms with Crippen molar-refractivity contribution in [3.63, 3.8) is 0 Å². The van der Waals surface area contributed by atoms with E-state index in [9.17, 15) is 4.79 Å². The van der Waals surface area contributed by atoms with Crippen LogP contribution in [0.1, 0.15) is 38.7 Å². The van der Waals surface area contributed by atoms with Gasteiger partial charge in [-0.05, 0) is 48.9 Å². The Morgan fingerprint density at radius 1 is 1.47 bits per heavy atom. The second-order valence-electron chi connectivity index (χ2n) is 5.84. The van der Waals surface area contributed by atoms with Crippen LogP contribution in [-0.4, -0.2) is 11.4 Å². The smallest absolute Gasteiger partial charge is 0.220 e. The average molecular weight is 345 g/mol. The summed E-state index contributed by atoms with van der Waals surface area (Å²) in [6, 6.07) is 5.83. The monoisotopic (exact) mass is 343 g/mol. The maximum absolute atomic E-state index is 11.6. The number of benzene rings is 1. The minimum Gasteiger partial charge on any atom is -0.350 e. The lowest BCUT2D eigenvalue weighted by atomic mass is 9.82. The molecule has 0 radical (unpaired) electrons. The van der Waals surface area contributed by atoms with Crippen molar-refractivity contribution in [2.75, 3.05) is 0 Å². The number of hydrogen-bond donors (Lipinski definition) is 1. The number of hydrogen-bond acceptors (Lipinski definition) is 1. The predicted octanol–water partition coefficient (Wildman–Crippen LogP) is 4.34. The van der Waals surface area contributed by atoms with Crippen molar-refractivity contribution in [3.8, 4) is 0 Å². The van der Waals surface area contributed by atoms with E-state index in [-0.39, 0.29) is 11.4 Å².